The monoisotopic (exact) mass is 448 g/mol. The van der Waals surface area contributed by atoms with E-state index in [1.54, 1.807) is 18.3 Å². The normalized spacial score (nSPS) is 14.0. The van der Waals surface area contributed by atoms with E-state index in [1.165, 1.54) is 23.5 Å². The van der Waals surface area contributed by atoms with Gasteiger partial charge in [0.2, 0.25) is 0 Å². The number of nitrogens with zero attached hydrogens (tertiary/aromatic N) is 1. The highest BCUT2D eigenvalue weighted by Crippen LogP contribution is 2.31. The van der Waals surface area contributed by atoms with Gasteiger partial charge in [0, 0.05) is 18.3 Å². The minimum Gasteiger partial charge on any atom is -0.408 e. The van der Waals surface area contributed by atoms with Crippen molar-refractivity contribution in [2.75, 3.05) is 5.32 Å². The van der Waals surface area contributed by atoms with E-state index >= 15 is 0 Å². The number of oxazole rings is 1. The van der Waals surface area contributed by atoms with Crippen LogP contribution in [0.2, 0.25) is 0 Å². The van der Waals surface area contributed by atoms with Gasteiger partial charge in [0.25, 0.3) is 0 Å². The number of nitrogens with two attached hydrogens (primary N) is 1. The molecule has 0 aliphatic heterocycles. The quantitative estimate of drug-likeness (QED) is 0.400. The number of nitrogens with one attached hydrogen (secondary N) is 2. The second-order valence-electron chi connectivity index (χ2n) is 7.25. The maximum Gasteiger partial charge on any atom is 0.417 e. The standard InChI is InChI=1S/C21H19F3N4O2S/c1-11(15(25)8-12-2-5-14(6-3-12)21(22,23)24)27-19-26-10-18(31-19)13-4-7-16-17(9-13)30-20(29)28-16/h2-7,9-11,15H,8,25H2,1H3,(H,26,27)(H,28,29)/t11?,15-/m0/s1. The lowest BCUT2D eigenvalue weighted by molar-refractivity contribution is -0.137. The zero-order valence-electron chi connectivity index (χ0n) is 16.4. The van der Waals surface area contributed by atoms with Gasteiger partial charge in [0.05, 0.1) is 16.0 Å². The third-order valence-electron chi connectivity index (χ3n) is 4.96. The minimum absolute atomic E-state index is 0.161. The summed E-state index contributed by atoms with van der Waals surface area (Å²) < 4.78 is 43.2. The van der Waals surface area contributed by atoms with Crippen molar-refractivity contribution in [3.8, 4) is 10.4 Å². The summed E-state index contributed by atoms with van der Waals surface area (Å²) >= 11 is 1.43. The minimum atomic E-state index is -4.35. The van der Waals surface area contributed by atoms with Crippen LogP contribution < -0.4 is 16.8 Å². The molecule has 4 aromatic rings. The van der Waals surface area contributed by atoms with Crippen molar-refractivity contribution < 1.29 is 17.6 Å². The van der Waals surface area contributed by atoms with E-state index < -0.39 is 17.5 Å². The highest BCUT2D eigenvalue weighted by Gasteiger charge is 2.30. The Balaban J connectivity index is 1.40. The Morgan fingerprint density at radius 3 is 2.68 bits per heavy atom. The van der Waals surface area contributed by atoms with Crippen molar-refractivity contribution in [1.29, 1.82) is 0 Å². The van der Waals surface area contributed by atoms with Crippen molar-refractivity contribution in [3.63, 3.8) is 0 Å². The molecule has 0 fully saturated rings. The summed E-state index contributed by atoms with van der Waals surface area (Å²) in [6, 6.07) is 9.95. The van der Waals surface area contributed by atoms with E-state index in [4.69, 9.17) is 10.2 Å². The van der Waals surface area contributed by atoms with Crippen molar-refractivity contribution in [2.24, 2.45) is 5.73 Å². The van der Waals surface area contributed by atoms with Crippen molar-refractivity contribution in [3.05, 3.63) is 70.3 Å². The Hall–Kier alpha value is -3.11. The molecule has 10 heteroatoms. The van der Waals surface area contributed by atoms with Gasteiger partial charge in [0.15, 0.2) is 10.7 Å². The van der Waals surface area contributed by atoms with Gasteiger partial charge in [-0.3, -0.25) is 4.98 Å². The molecule has 2 aromatic heterocycles. The second kappa shape index (κ2) is 8.20. The Kier molecular flexibility index (Phi) is 5.59. The fourth-order valence-corrected chi connectivity index (χ4v) is 4.06. The molecule has 0 radical (unpaired) electrons. The molecule has 0 bridgehead atoms. The number of alkyl halides is 3. The summed E-state index contributed by atoms with van der Waals surface area (Å²) in [4.78, 5) is 19.2. The molecule has 2 aromatic carbocycles. The van der Waals surface area contributed by atoms with Crippen molar-refractivity contribution in [1.82, 2.24) is 9.97 Å². The summed E-state index contributed by atoms with van der Waals surface area (Å²) in [6.07, 6.45) is -2.21. The Labute approximate surface area is 178 Å². The first-order valence-electron chi connectivity index (χ1n) is 9.46. The number of H-pyrrole nitrogens is 1. The van der Waals surface area contributed by atoms with E-state index in [9.17, 15) is 18.0 Å². The maximum atomic E-state index is 12.7. The number of benzene rings is 2. The summed E-state index contributed by atoms with van der Waals surface area (Å²) in [5.41, 5.74) is 8.26. The van der Waals surface area contributed by atoms with Gasteiger partial charge in [-0.05, 0) is 48.7 Å². The van der Waals surface area contributed by atoms with Crippen molar-refractivity contribution >= 4 is 27.6 Å². The molecule has 6 nitrogen and oxygen atoms in total. The van der Waals surface area contributed by atoms with Crippen LogP contribution in [0.15, 0.2) is 57.9 Å². The number of hydrogen-bond donors (Lipinski definition) is 3. The molecule has 4 N–H and O–H groups in total. The van der Waals surface area contributed by atoms with Gasteiger partial charge < -0.3 is 15.5 Å². The van der Waals surface area contributed by atoms with Crippen LogP contribution in [0, 0.1) is 0 Å². The molecule has 0 amide bonds. The first-order chi connectivity index (χ1) is 14.7. The molecule has 0 aliphatic carbocycles. The Morgan fingerprint density at radius 1 is 1.23 bits per heavy atom. The molecule has 2 atom stereocenters. The lowest BCUT2D eigenvalue weighted by Crippen LogP contribution is -2.39. The van der Waals surface area contributed by atoms with E-state index in [1.807, 2.05) is 13.0 Å². The number of halogens is 3. The molecule has 4 rings (SSSR count). The number of thiazole rings is 1. The second-order valence-corrected chi connectivity index (χ2v) is 8.28. The molecule has 31 heavy (non-hydrogen) atoms. The third-order valence-corrected chi connectivity index (χ3v) is 5.93. The predicted octanol–water partition coefficient (Wildman–Crippen LogP) is 4.63. The van der Waals surface area contributed by atoms with Gasteiger partial charge in [-0.1, -0.05) is 29.5 Å². The number of anilines is 1. The zero-order valence-corrected chi connectivity index (χ0v) is 17.2. The predicted molar refractivity (Wildman–Crippen MR) is 114 cm³/mol. The maximum absolute atomic E-state index is 12.7. The van der Waals surface area contributed by atoms with Crippen LogP contribution >= 0.6 is 11.3 Å². The molecule has 2 heterocycles. The average molecular weight is 448 g/mol. The Morgan fingerprint density at radius 2 is 1.97 bits per heavy atom. The van der Waals surface area contributed by atoms with Gasteiger partial charge >= 0.3 is 11.9 Å². The summed E-state index contributed by atoms with van der Waals surface area (Å²) in [5, 5.41) is 3.92. The summed E-state index contributed by atoms with van der Waals surface area (Å²) in [5.74, 6) is -0.505. The zero-order chi connectivity index (χ0) is 22.2. The number of fused-ring (bicyclic) bond motifs is 1. The molecule has 0 aliphatic rings. The fourth-order valence-electron chi connectivity index (χ4n) is 3.15. The van der Waals surface area contributed by atoms with Crippen LogP contribution in [0.25, 0.3) is 21.5 Å². The first kappa shape index (κ1) is 21.1. The number of rotatable bonds is 6. The molecule has 162 valence electrons. The van der Waals surface area contributed by atoms with Gasteiger partial charge in [-0.15, -0.1) is 0 Å². The third kappa shape index (κ3) is 4.80. The van der Waals surface area contributed by atoms with E-state index in [2.05, 4.69) is 15.3 Å². The highest BCUT2D eigenvalue weighted by molar-refractivity contribution is 7.18. The summed E-state index contributed by atoms with van der Waals surface area (Å²) in [7, 11) is 0. The molecule has 0 saturated carbocycles. The molecule has 1 unspecified atom stereocenters. The van der Waals surface area contributed by atoms with Gasteiger partial charge in [0.1, 0.15) is 0 Å². The van der Waals surface area contributed by atoms with Crippen molar-refractivity contribution in [2.45, 2.75) is 31.6 Å². The highest BCUT2D eigenvalue weighted by atomic mass is 32.1. The largest absolute Gasteiger partial charge is 0.417 e. The topological polar surface area (TPSA) is 96.9 Å². The number of aromatic nitrogens is 2. The molecular formula is C21H19F3N4O2S. The SMILES string of the molecule is CC(Nc1ncc(-c2ccc3[nH]c(=O)oc3c2)s1)[C@@H](N)Cc1ccc(C(F)(F)F)cc1. The lowest BCUT2D eigenvalue weighted by atomic mass is 10.0. The lowest BCUT2D eigenvalue weighted by Gasteiger charge is -2.21. The van der Waals surface area contributed by atoms with E-state index in [0.29, 0.717) is 22.7 Å². The summed E-state index contributed by atoms with van der Waals surface area (Å²) in [6.45, 7) is 1.90. The van der Waals surface area contributed by atoms with Crippen LogP contribution in [0.1, 0.15) is 18.1 Å². The van der Waals surface area contributed by atoms with Gasteiger partial charge in [-0.25, -0.2) is 9.78 Å². The first-order valence-corrected chi connectivity index (χ1v) is 10.3. The number of aromatic amines is 1. The Bertz CT molecular complexity index is 1240. The number of hydrogen-bond acceptors (Lipinski definition) is 6. The van der Waals surface area contributed by atoms with Crippen LogP contribution in [0.3, 0.4) is 0 Å². The molecule has 0 spiro atoms. The molecule has 0 saturated heterocycles. The fraction of sp³-hybridized carbons (Fsp3) is 0.238. The average Bonchev–Trinajstić information content (AvgIpc) is 3.32. The molecular weight excluding hydrogens is 429 g/mol. The van der Waals surface area contributed by atoms with Gasteiger partial charge in [-0.2, -0.15) is 13.2 Å². The van der Waals surface area contributed by atoms with E-state index in [-0.39, 0.29) is 12.1 Å². The smallest absolute Gasteiger partial charge is 0.408 e. The van der Waals surface area contributed by atoms with Crippen LogP contribution in [0.5, 0.6) is 0 Å². The van der Waals surface area contributed by atoms with Crippen LogP contribution in [-0.2, 0) is 12.6 Å². The van der Waals surface area contributed by atoms with Crippen LogP contribution in [0.4, 0.5) is 18.3 Å². The van der Waals surface area contributed by atoms with E-state index in [0.717, 1.165) is 28.1 Å². The van der Waals surface area contributed by atoms with Crippen LogP contribution in [-0.4, -0.2) is 22.1 Å².